The number of ether oxygens (including phenoxy) is 1. The Morgan fingerprint density at radius 3 is 2.68 bits per heavy atom. The molecule has 1 aromatic carbocycles. The van der Waals surface area contributed by atoms with Crippen molar-refractivity contribution in [2.24, 2.45) is 7.05 Å². The van der Waals surface area contributed by atoms with Crippen LogP contribution in [-0.4, -0.2) is 4.57 Å². The summed E-state index contributed by atoms with van der Waals surface area (Å²) in [6, 6.07) is -0.684. The summed E-state index contributed by atoms with van der Waals surface area (Å²) >= 11 is 5.71. The number of halogens is 2. The summed E-state index contributed by atoms with van der Waals surface area (Å²) in [6.07, 6.45) is 1.45. The summed E-state index contributed by atoms with van der Waals surface area (Å²) in [5.74, 6) is 0.197. The van der Waals surface area contributed by atoms with E-state index in [0.717, 1.165) is 0 Å². The summed E-state index contributed by atoms with van der Waals surface area (Å²) in [5, 5.41) is 0. The monoisotopic (exact) mass is 304 g/mol. The molecular weight excluding hydrogens is 285 g/mol. The van der Waals surface area contributed by atoms with Crippen molar-refractivity contribution in [1.82, 2.24) is 4.57 Å². The average molecular weight is 305 g/mol. The normalized spacial score (nSPS) is 13.5. The third-order valence-corrected chi connectivity index (χ3v) is 2.64. The van der Waals surface area contributed by atoms with Crippen LogP contribution in [-0.2, 0) is 19.5 Å². The van der Waals surface area contributed by atoms with Crippen LogP contribution in [0.25, 0.3) is 0 Å². The van der Waals surface area contributed by atoms with Gasteiger partial charge < -0.3 is 9.30 Å². The molecule has 0 aliphatic heterocycles. The quantitative estimate of drug-likeness (QED) is 0.813. The van der Waals surface area contributed by atoms with Crippen molar-refractivity contribution in [3.63, 3.8) is 0 Å². The maximum Gasteiger partial charge on any atom is 0.223 e. The van der Waals surface area contributed by atoms with Crippen LogP contribution >= 0.6 is 24.0 Å². The smallest absolute Gasteiger partial charge is 0.223 e. The minimum atomic E-state index is -0.467. The van der Waals surface area contributed by atoms with E-state index in [2.05, 4.69) is 0 Å². The zero-order chi connectivity index (χ0) is 17.3. The van der Waals surface area contributed by atoms with E-state index in [0.29, 0.717) is 5.69 Å². The van der Waals surface area contributed by atoms with Crippen LogP contribution in [0.3, 0.4) is 0 Å². The number of benzene rings is 1. The van der Waals surface area contributed by atoms with Crippen molar-refractivity contribution in [2.45, 2.75) is 12.5 Å². The van der Waals surface area contributed by atoms with Crippen LogP contribution in [0.4, 0.5) is 0 Å². The SMILES string of the molecule is Cl.[2H]c1c([2H])c([2H])c(COc2cn(C)c(CCl)cc2=O)c([2H])c1[2H]. The summed E-state index contributed by atoms with van der Waals surface area (Å²) in [5.41, 5.74) is 0.234. The molecular formula is C14H15Cl2NO2. The standard InChI is InChI=1S/C14H14ClNO2.ClH/c1-16-9-14(13(17)7-12(16)8-15)18-10-11-5-3-2-4-6-11;/h2-7,9H,8,10H2,1H3;1H/i2D,3D,4D,5D,6D;. The molecule has 0 saturated carbocycles. The summed E-state index contributed by atoms with van der Waals surface area (Å²) in [6.45, 7) is -0.300. The van der Waals surface area contributed by atoms with E-state index in [1.807, 2.05) is 0 Å². The number of hydrogen-bond acceptors (Lipinski definition) is 2. The van der Waals surface area contributed by atoms with E-state index in [1.165, 1.54) is 12.3 Å². The minimum Gasteiger partial charge on any atom is -0.483 e. The first-order valence-corrected chi connectivity index (χ1v) is 5.75. The molecule has 0 fully saturated rings. The summed E-state index contributed by atoms with van der Waals surface area (Å²) in [7, 11) is 1.70. The van der Waals surface area contributed by atoms with Crippen LogP contribution in [0.2, 0.25) is 0 Å². The molecule has 2 aromatic rings. The highest BCUT2D eigenvalue weighted by molar-refractivity contribution is 6.16. The molecule has 19 heavy (non-hydrogen) atoms. The Balaban J connectivity index is 0.00000288. The Bertz CT molecular complexity index is 797. The number of nitrogens with zero attached hydrogens (tertiary/aromatic N) is 1. The highest BCUT2D eigenvalue weighted by Gasteiger charge is 2.05. The van der Waals surface area contributed by atoms with Crippen molar-refractivity contribution in [1.29, 1.82) is 0 Å². The van der Waals surface area contributed by atoms with E-state index in [-0.39, 0.29) is 53.7 Å². The third kappa shape index (κ3) is 4.01. The van der Waals surface area contributed by atoms with Gasteiger partial charge in [-0.2, -0.15) is 0 Å². The molecule has 0 bridgehead atoms. The van der Waals surface area contributed by atoms with Crippen LogP contribution in [0.15, 0.2) is 47.3 Å². The van der Waals surface area contributed by atoms with E-state index >= 15 is 0 Å². The fourth-order valence-electron chi connectivity index (χ4n) is 1.39. The van der Waals surface area contributed by atoms with Crippen molar-refractivity contribution >= 4 is 24.0 Å². The lowest BCUT2D eigenvalue weighted by Crippen LogP contribution is -2.12. The van der Waals surface area contributed by atoms with Gasteiger partial charge in [0.25, 0.3) is 0 Å². The fourth-order valence-corrected chi connectivity index (χ4v) is 1.65. The number of aromatic nitrogens is 1. The van der Waals surface area contributed by atoms with E-state index in [1.54, 1.807) is 11.6 Å². The van der Waals surface area contributed by atoms with Gasteiger partial charge in [-0.05, 0) is 5.56 Å². The molecule has 0 unspecified atom stereocenters. The van der Waals surface area contributed by atoms with Gasteiger partial charge in [0.1, 0.15) is 6.61 Å². The molecule has 5 heteroatoms. The molecule has 0 aliphatic rings. The number of pyridine rings is 1. The van der Waals surface area contributed by atoms with Crippen molar-refractivity contribution < 1.29 is 11.6 Å². The van der Waals surface area contributed by atoms with E-state index < -0.39 is 18.1 Å². The predicted molar refractivity (Wildman–Crippen MR) is 79.3 cm³/mol. The first-order chi connectivity index (χ1) is 10.8. The topological polar surface area (TPSA) is 31.2 Å². The molecule has 102 valence electrons. The Morgan fingerprint density at radius 2 is 2.05 bits per heavy atom. The van der Waals surface area contributed by atoms with Gasteiger partial charge in [-0.1, -0.05) is 30.2 Å². The third-order valence-electron chi connectivity index (χ3n) is 2.37. The Kier molecular flexibility index (Phi) is 3.59. The minimum absolute atomic E-state index is 0. The number of rotatable bonds is 4. The lowest BCUT2D eigenvalue weighted by atomic mass is 10.2. The van der Waals surface area contributed by atoms with Crippen molar-refractivity contribution in [3.8, 4) is 5.75 Å². The fraction of sp³-hybridized carbons (Fsp3) is 0.214. The predicted octanol–water partition coefficient (Wildman–Crippen LogP) is 3.12. The molecule has 0 amide bonds. The molecule has 3 nitrogen and oxygen atoms in total. The average Bonchev–Trinajstić information content (AvgIpc) is 2.53. The molecule has 2 rings (SSSR count). The highest BCUT2D eigenvalue weighted by Crippen LogP contribution is 2.10. The second-order valence-corrected chi connectivity index (χ2v) is 3.90. The Hall–Kier alpha value is -1.45. The van der Waals surface area contributed by atoms with Gasteiger partial charge in [0.05, 0.1) is 18.9 Å². The Morgan fingerprint density at radius 1 is 1.37 bits per heavy atom. The van der Waals surface area contributed by atoms with Crippen LogP contribution in [0, 0.1) is 0 Å². The maximum absolute atomic E-state index is 11.9. The molecule has 0 radical (unpaired) electrons. The summed E-state index contributed by atoms with van der Waals surface area (Å²) < 4.78 is 45.4. The van der Waals surface area contributed by atoms with Gasteiger partial charge >= 0.3 is 0 Å². The molecule has 0 atom stereocenters. The number of aryl methyl sites for hydroxylation is 1. The molecule has 1 heterocycles. The van der Waals surface area contributed by atoms with Gasteiger partial charge in [-0.25, -0.2) is 0 Å². The second kappa shape index (κ2) is 7.22. The van der Waals surface area contributed by atoms with Gasteiger partial charge in [-0.15, -0.1) is 24.0 Å². The Labute approximate surface area is 130 Å². The van der Waals surface area contributed by atoms with Gasteiger partial charge in [0, 0.05) is 18.8 Å². The molecule has 0 spiro atoms. The molecule has 1 aromatic heterocycles. The number of hydrogen-bond donors (Lipinski definition) is 0. The first kappa shape index (κ1) is 9.45. The van der Waals surface area contributed by atoms with Gasteiger partial charge in [0.2, 0.25) is 5.43 Å². The lowest BCUT2D eigenvalue weighted by Gasteiger charge is -2.10. The highest BCUT2D eigenvalue weighted by atomic mass is 35.5. The maximum atomic E-state index is 11.9. The van der Waals surface area contributed by atoms with Crippen molar-refractivity contribution in [2.75, 3.05) is 0 Å². The largest absolute Gasteiger partial charge is 0.483 e. The second-order valence-electron chi connectivity index (χ2n) is 3.63. The first-order valence-electron chi connectivity index (χ1n) is 7.72. The van der Waals surface area contributed by atoms with E-state index in [9.17, 15) is 4.79 Å². The van der Waals surface area contributed by atoms with Crippen LogP contribution in [0.5, 0.6) is 5.75 Å². The van der Waals surface area contributed by atoms with E-state index in [4.69, 9.17) is 23.2 Å². The van der Waals surface area contributed by atoms with Gasteiger partial charge in [-0.3, -0.25) is 4.79 Å². The molecule has 0 saturated heterocycles. The zero-order valence-corrected chi connectivity index (χ0v) is 11.7. The van der Waals surface area contributed by atoms with Crippen LogP contribution < -0.4 is 10.2 Å². The lowest BCUT2D eigenvalue weighted by molar-refractivity contribution is 0.300. The van der Waals surface area contributed by atoms with Crippen LogP contribution in [0.1, 0.15) is 18.1 Å². The summed E-state index contributed by atoms with van der Waals surface area (Å²) in [4.78, 5) is 11.9. The number of alkyl halides is 1. The molecule has 0 N–H and O–H groups in total. The zero-order valence-electron chi connectivity index (χ0n) is 15.1. The van der Waals surface area contributed by atoms with Crippen molar-refractivity contribution in [3.05, 3.63) is 64.0 Å². The van der Waals surface area contributed by atoms with Gasteiger partial charge in [0.15, 0.2) is 5.75 Å². The molecule has 0 aliphatic carbocycles.